The summed E-state index contributed by atoms with van der Waals surface area (Å²) in [5, 5.41) is 2.38. The molecule has 2 heterocycles. The second kappa shape index (κ2) is 9.95. The Morgan fingerprint density at radius 2 is 1.94 bits per heavy atom. The predicted octanol–water partition coefficient (Wildman–Crippen LogP) is 4.08. The van der Waals surface area contributed by atoms with Crippen molar-refractivity contribution in [2.45, 2.75) is 27.7 Å². The van der Waals surface area contributed by atoms with Crippen LogP contribution in [0.1, 0.15) is 39.9 Å². The minimum atomic E-state index is -0.395. The highest BCUT2D eigenvalue weighted by Crippen LogP contribution is 2.34. The summed E-state index contributed by atoms with van der Waals surface area (Å²) in [5.41, 5.74) is 1.98. The van der Waals surface area contributed by atoms with Gasteiger partial charge in [-0.3, -0.25) is 19.3 Å². The van der Waals surface area contributed by atoms with Gasteiger partial charge < -0.3 is 19.2 Å². The van der Waals surface area contributed by atoms with E-state index in [4.69, 9.17) is 13.9 Å². The Morgan fingerprint density at radius 3 is 2.56 bits per heavy atom. The molecule has 32 heavy (non-hydrogen) atoms. The maximum absolute atomic E-state index is 12.7. The van der Waals surface area contributed by atoms with Gasteiger partial charge in [-0.2, -0.15) is 0 Å². The number of ether oxygens (including phenoxy) is 2. The third-order valence-electron chi connectivity index (χ3n) is 5.07. The number of carbonyl (C=O) groups excluding carboxylic acids is 3. The number of benzene rings is 1. The molecule has 1 aliphatic heterocycles. The van der Waals surface area contributed by atoms with E-state index in [1.165, 1.54) is 7.11 Å². The summed E-state index contributed by atoms with van der Waals surface area (Å²) in [5.74, 6) is 1.69. The number of rotatable bonds is 8. The van der Waals surface area contributed by atoms with Crippen LogP contribution in [0.15, 0.2) is 27.5 Å². The Balaban J connectivity index is 1.65. The van der Waals surface area contributed by atoms with E-state index in [1.807, 2.05) is 13.8 Å². The van der Waals surface area contributed by atoms with Crippen molar-refractivity contribution in [2.24, 2.45) is 0 Å². The highest BCUT2D eigenvalue weighted by Gasteiger charge is 2.34. The summed E-state index contributed by atoms with van der Waals surface area (Å²) in [6.07, 6.45) is 1.64. The fraction of sp³-hybridized carbons (Fsp3) is 0.348. The van der Waals surface area contributed by atoms with Gasteiger partial charge in [0.1, 0.15) is 11.5 Å². The Morgan fingerprint density at radius 1 is 1.19 bits per heavy atom. The van der Waals surface area contributed by atoms with Gasteiger partial charge in [0.15, 0.2) is 11.5 Å². The highest BCUT2D eigenvalue weighted by atomic mass is 32.2. The SMILES string of the molecule is CCOc1ccc(/C=C2\SC(=O)N(CCNC(=O)c3c(C)oc(C)c3C)C2=O)cc1OC. The zero-order valence-corrected chi connectivity index (χ0v) is 19.6. The summed E-state index contributed by atoms with van der Waals surface area (Å²) in [7, 11) is 1.54. The number of hydrogen-bond acceptors (Lipinski definition) is 7. The van der Waals surface area contributed by atoms with Crippen molar-refractivity contribution in [3.8, 4) is 11.5 Å². The molecule has 1 saturated heterocycles. The van der Waals surface area contributed by atoms with Crippen molar-refractivity contribution >= 4 is 34.9 Å². The first-order valence-corrected chi connectivity index (χ1v) is 11.0. The standard InChI is InChI=1S/C23H26N2O6S/c1-6-30-17-8-7-16(11-18(17)29-5)12-19-22(27)25(23(28)32-19)10-9-24-21(26)20-13(2)14(3)31-15(20)4/h7-8,11-12H,6,9-10H2,1-5H3,(H,24,26)/b19-12-. The van der Waals surface area contributed by atoms with E-state index in [1.54, 1.807) is 38.1 Å². The van der Waals surface area contributed by atoms with E-state index in [2.05, 4.69) is 5.32 Å². The number of aryl methyl sites for hydroxylation is 2. The van der Waals surface area contributed by atoms with E-state index in [0.29, 0.717) is 45.7 Å². The molecule has 1 aromatic heterocycles. The van der Waals surface area contributed by atoms with Crippen molar-refractivity contribution in [1.29, 1.82) is 0 Å². The maximum atomic E-state index is 12.7. The zero-order valence-electron chi connectivity index (χ0n) is 18.7. The Kier molecular flexibility index (Phi) is 7.29. The minimum absolute atomic E-state index is 0.0786. The predicted molar refractivity (Wildman–Crippen MR) is 122 cm³/mol. The van der Waals surface area contributed by atoms with Crippen molar-refractivity contribution in [2.75, 3.05) is 26.8 Å². The van der Waals surface area contributed by atoms with Gasteiger partial charge in [-0.25, -0.2) is 0 Å². The number of furan rings is 1. The van der Waals surface area contributed by atoms with Crippen molar-refractivity contribution in [1.82, 2.24) is 10.2 Å². The smallest absolute Gasteiger partial charge is 0.293 e. The molecule has 8 nitrogen and oxygen atoms in total. The van der Waals surface area contributed by atoms with Crippen LogP contribution in [0.25, 0.3) is 6.08 Å². The molecule has 170 valence electrons. The number of thioether (sulfide) groups is 1. The average Bonchev–Trinajstić information content (AvgIpc) is 3.17. The summed E-state index contributed by atoms with van der Waals surface area (Å²) in [6, 6.07) is 5.30. The highest BCUT2D eigenvalue weighted by molar-refractivity contribution is 8.18. The van der Waals surface area contributed by atoms with Gasteiger partial charge in [-0.05, 0) is 63.2 Å². The van der Waals surface area contributed by atoms with Crippen LogP contribution in [0.2, 0.25) is 0 Å². The number of methoxy groups -OCH3 is 1. The number of imide groups is 1. The first-order valence-electron chi connectivity index (χ1n) is 10.2. The van der Waals surface area contributed by atoms with Crippen molar-refractivity contribution < 1.29 is 28.3 Å². The maximum Gasteiger partial charge on any atom is 0.293 e. The summed E-state index contributed by atoms with van der Waals surface area (Å²) in [6.45, 7) is 7.95. The monoisotopic (exact) mass is 458 g/mol. The molecule has 1 fully saturated rings. The molecule has 1 aliphatic rings. The van der Waals surface area contributed by atoms with E-state index >= 15 is 0 Å². The fourth-order valence-corrected chi connectivity index (χ4v) is 4.25. The van der Waals surface area contributed by atoms with Crippen LogP contribution in [0, 0.1) is 20.8 Å². The Bertz CT molecular complexity index is 1090. The molecule has 3 amide bonds. The average molecular weight is 459 g/mol. The number of amides is 3. The van der Waals surface area contributed by atoms with Crippen LogP contribution < -0.4 is 14.8 Å². The number of nitrogens with zero attached hydrogens (tertiary/aromatic N) is 1. The molecule has 0 saturated carbocycles. The van der Waals surface area contributed by atoms with E-state index < -0.39 is 5.91 Å². The molecule has 0 aliphatic carbocycles. The number of hydrogen-bond donors (Lipinski definition) is 1. The van der Waals surface area contributed by atoms with Crippen LogP contribution in [0.5, 0.6) is 11.5 Å². The van der Waals surface area contributed by atoms with Gasteiger partial charge in [0, 0.05) is 18.7 Å². The lowest BCUT2D eigenvalue weighted by atomic mass is 10.1. The molecule has 0 bridgehead atoms. The van der Waals surface area contributed by atoms with Crippen LogP contribution in [-0.4, -0.2) is 48.8 Å². The molecule has 2 aromatic rings. The molecular formula is C23H26N2O6S. The van der Waals surface area contributed by atoms with Gasteiger partial charge in [0.05, 0.1) is 24.2 Å². The lowest BCUT2D eigenvalue weighted by molar-refractivity contribution is -0.122. The second-order valence-electron chi connectivity index (χ2n) is 7.15. The first-order chi connectivity index (χ1) is 15.3. The number of carbonyl (C=O) groups is 3. The fourth-order valence-electron chi connectivity index (χ4n) is 3.39. The van der Waals surface area contributed by atoms with Gasteiger partial charge in [-0.15, -0.1) is 0 Å². The van der Waals surface area contributed by atoms with E-state index in [-0.39, 0.29) is 24.2 Å². The molecule has 0 spiro atoms. The summed E-state index contributed by atoms with van der Waals surface area (Å²) >= 11 is 0.867. The largest absolute Gasteiger partial charge is 0.493 e. The quantitative estimate of drug-likeness (QED) is 0.595. The third kappa shape index (κ3) is 4.83. The lowest BCUT2D eigenvalue weighted by Crippen LogP contribution is -2.37. The minimum Gasteiger partial charge on any atom is -0.493 e. The second-order valence-corrected chi connectivity index (χ2v) is 8.14. The summed E-state index contributed by atoms with van der Waals surface area (Å²) < 4.78 is 16.3. The molecule has 0 atom stereocenters. The van der Waals surface area contributed by atoms with Gasteiger partial charge in [-0.1, -0.05) is 6.07 Å². The molecule has 9 heteroatoms. The van der Waals surface area contributed by atoms with Gasteiger partial charge >= 0.3 is 0 Å². The molecule has 1 aromatic carbocycles. The zero-order chi connectivity index (χ0) is 23.4. The van der Waals surface area contributed by atoms with Gasteiger partial charge in [0.25, 0.3) is 17.1 Å². The van der Waals surface area contributed by atoms with Crippen LogP contribution in [-0.2, 0) is 4.79 Å². The molecule has 3 rings (SSSR count). The Hall–Kier alpha value is -3.20. The third-order valence-corrected chi connectivity index (χ3v) is 5.98. The van der Waals surface area contributed by atoms with Crippen LogP contribution >= 0.6 is 11.8 Å². The van der Waals surface area contributed by atoms with Crippen LogP contribution in [0.4, 0.5) is 4.79 Å². The van der Waals surface area contributed by atoms with E-state index in [9.17, 15) is 14.4 Å². The molecule has 0 unspecified atom stereocenters. The number of nitrogens with one attached hydrogen (secondary N) is 1. The molecule has 1 N–H and O–H groups in total. The normalized spacial score (nSPS) is 14.9. The molecular weight excluding hydrogens is 432 g/mol. The topological polar surface area (TPSA) is 98.1 Å². The van der Waals surface area contributed by atoms with Crippen molar-refractivity contribution in [3.05, 3.63) is 51.3 Å². The van der Waals surface area contributed by atoms with Gasteiger partial charge in [0.2, 0.25) is 0 Å². The summed E-state index contributed by atoms with van der Waals surface area (Å²) in [4.78, 5) is 39.0. The van der Waals surface area contributed by atoms with Crippen LogP contribution in [0.3, 0.4) is 0 Å². The van der Waals surface area contributed by atoms with E-state index in [0.717, 1.165) is 22.2 Å². The van der Waals surface area contributed by atoms with Crippen molar-refractivity contribution in [3.63, 3.8) is 0 Å². The lowest BCUT2D eigenvalue weighted by Gasteiger charge is -2.13. The first kappa shape index (κ1) is 23.5. The molecule has 0 radical (unpaired) electrons. The Labute approximate surface area is 190 Å².